The first-order valence-electron chi connectivity index (χ1n) is 10.1. The molecule has 8 heteroatoms. The minimum Gasteiger partial charge on any atom is -0.497 e. The van der Waals surface area contributed by atoms with Gasteiger partial charge in [-0.1, -0.05) is 36.4 Å². The van der Waals surface area contributed by atoms with Crippen molar-refractivity contribution in [2.45, 2.75) is 13.0 Å². The zero-order chi connectivity index (χ0) is 23.2. The van der Waals surface area contributed by atoms with Crippen molar-refractivity contribution in [3.63, 3.8) is 0 Å². The summed E-state index contributed by atoms with van der Waals surface area (Å²) in [5.41, 5.74) is 2.31. The number of anilines is 1. The predicted molar refractivity (Wildman–Crippen MR) is 126 cm³/mol. The standard InChI is InChI=1S/C25H21N3O4S/c1-16-22(33-24(27-16)20-10-6-7-15-26-20)25(30)32-21(17-8-4-3-5-9-17)23(29)28-18-11-13-19(31-2)14-12-18/h3-15,21H,1-2H3,(H,28,29). The highest BCUT2D eigenvalue weighted by atomic mass is 32.1. The van der Waals surface area contributed by atoms with E-state index in [4.69, 9.17) is 9.47 Å². The Hall–Kier alpha value is -4.04. The maximum atomic E-state index is 13.1. The summed E-state index contributed by atoms with van der Waals surface area (Å²) in [6, 6.07) is 21.3. The van der Waals surface area contributed by atoms with Crippen molar-refractivity contribution >= 4 is 28.9 Å². The van der Waals surface area contributed by atoms with Gasteiger partial charge in [0.25, 0.3) is 5.91 Å². The molecular weight excluding hydrogens is 438 g/mol. The second-order valence-electron chi connectivity index (χ2n) is 7.06. The van der Waals surface area contributed by atoms with Crippen LogP contribution in [-0.2, 0) is 9.53 Å². The predicted octanol–water partition coefficient (Wildman–Crippen LogP) is 5.06. The summed E-state index contributed by atoms with van der Waals surface area (Å²) in [6.07, 6.45) is 0.527. The number of thiazole rings is 1. The van der Waals surface area contributed by atoms with Crippen molar-refractivity contribution in [3.05, 3.63) is 95.1 Å². The van der Waals surface area contributed by atoms with Gasteiger partial charge in [-0.3, -0.25) is 9.78 Å². The molecule has 33 heavy (non-hydrogen) atoms. The topological polar surface area (TPSA) is 90.4 Å². The maximum Gasteiger partial charge on any atom is 0.351 e. The number of rotatable bonds is 7. The fraction of sp³-hybridized carbons (Fsp3) is 0.120. The summed E-state index contributed by atoms with van der Waals surface area (Å²) in [5.74, 6) is -0.416. The van der Waals surface area contributed by atoms with Crippen molar-refractivity contribution in [3.8, 4) is 16.5 Å². The molecule has 0 saturated heterocycles. The molecule has 0 bridgehead atoms. The second-order valence-corrected chi connectivity index (χ2v) is 8.06. The SMILES string of the molecule is COc1ccc(NC(=O)C(OC(=O)c2sc(-c3ccccn3)nc2C)c2ccccc2)cc1. The van der Waals surface area contributed by atoms with Gasteiger partial charge in [0.1, 0.15) is 15.6 Å². The van der Waals surface area contributed by atoms with E-state index in [9.17, 15) is 9.59 Å². The molecular formula is C25H21N3O4S. The van der Waals surface area contributed by atoms with Gasteiger partial charge >= 0.3 is 5.97 Å². The largest absolute Gasteiger partial charge is 0.497 e. The van der Waals surface area contributed by atoms with Crippen LogP contribution in [0.25, 0.3) is 10.7 Å². The van der Waals surface area contributed by atoms with E-state index in [1.165, 1.54) is 11.3 Å². The first-order chi connectivity index (χ1) is 16.0. The van der Waals surface area contributed by atoms with Crippen molar-refractivity contribution in [2.75, 3.05) is 12.4 Å². The van der Waals surface area contributed by atoms with E-state index >= 15 is 0 Å². The number of ether oxygens (including phenoxy) is 2. The lowest BCUT2D eigenvalue weighted by molar-refractivity contribution is -0.125. The number of benzene rings is 2. The van der Waals surface area contributed by atoms with Crippen molar-refractivity contribution in [2.24, 2.45) is 0 Å². The van der Waals surface area contributed by atoms with E-state index < -0.39 is 18.0 Å². The van der Waals surface area contributed by atoms with Gasteiger partial charge in [-0.15, -0.1) is 11.3 Å². The van der Waals surface area contributed by atoms with Gasteiger partial charge in [-0.05, 0) is 43.3 Å². The summed E-state index contributed by atoms with van der Waals surface area (Å²) in [4.78, 5) is 35.2. The Kier molecular flexibility index (Phi) is 6.75. The Balaban J connectivity index is 1.57. The molecule has 0 radical (unpaired) electrons. The van der Waals surface area contributed by atoms with Gasteiger partial charge in [-0.25, -0.2) is 9.78 Å². The fourth-order valence-electron chi connectivity index (χ4n) is 3.13. The number of methoxy groups -OCH3 is 1. The van der Waals surface area contributed by atoms with Crippen LogP contribution in [0.2, 0.25) is 0 Å². The zero-order valence-electron chi connectivity index (χ0n) is 18.0. The molecule has 1 atom stereocenters. The Bertz CT molecular complexity index is 1240. The van der Waals surface area contributed by atoms with E-state index in [0.29, 0.717) is 38.3 Å². The van der Waals surface area contributed by atoms with Crippen LogP contribution in [0.15, 0.2) is 79.0 Å². The lowest BCUT2D eigenvalue weighted by atomic mass is 10.1. The number of pyridine rings is 1. The van der Waals surface area contributed by atoms with Crippen LogP contribution in [0, 0.1) is 6.92 Å². The van der Waals surface area contributed by atoms with Crippen LogP contribution in [0.3, 0.4) is 0 Å². The maximum absolute atomic E-state index is 13.1. The molecule has 0 aliphatic heterocycles. The Morgan fingerprint density at radius 1 is 0.970 bits per heavy atom. The first kappa shape index (κ1) is 22.2. The van der Waals surface area contributed by atoms with Crippen molar-refractivity contribution in [1.29, 1.82) is 0 Å². The summed E-state index contributed by atoms with van der Waals surface area (Å²) in [7, 11) is 1.57. The summed E-state index contributed by atoms with van der Waals surface area (Å²) in [5, 5.41) is 3.41. The molecule has 0 saturated carbocycles. The Labute approximate surface area is 195 Å². The molecule has 4 rings (SSSR count). The second kappa shape index (κ2) is 10.1. The van der Waals surface area contributed by atoms with Gasteiger partial charge in [0, 0.05) is 17.4 Å². The van der Waals surface area contributed by atoms with Crippen LogP contribution in [0.1, 0.15) is 27.0 Å². The first-order valence-corrected chi connectivity index (χ1v) is 11.0. The molecule has 0 spiro atoms. The van der Waals surface area contributed by atoms with E-state index in [-0.39, 0.29) is 0 Å². The smallest absolute Gasteiger partial charge is 0.351 e. The fourth-order valence-corrected chi connectivity index (χ4v) is 4.05. The number of carbonyl (C=O) groups is 2. The van der Waals surface area contributed by atoms with Crippen molar-refractivity contribution in [1.82, 2.24) is 9.97 Å². The zero-order valence-corrected chi connectivity index (χ0v) is 18.8. The summed E-state index contributed by atoms with van der Waals surface area (Å²) < 4.78 is 10.9. The minimum atomic E-state index is -1.14. The third-order valence-electron chi connectivity index (χ3n) is 4.79. The molecule has 0 fully saturated rings. The number of nitrogens with zero attached hydrogens (tertiary/aromatic N) is 2. The van der Waals surface area contributed by atoms with Gasteiger partial charge in [0.2, 0.25) is 6.10 Å². The van der Waals surface area contributed by atoms with Crippen LogP contribution < -0.4 is 10.1 Å². The monoisotopic (exact) mass is 459 g/mol. The number of esters is 1. The molecule has 166 valence electrons. The molecule has 1 N–H and O–H groups in total. The third-order valence-corrected chi connectivity index (χ3v) is 5.95. The van der Waals surface area contributed by atoms with E-state index in [1.807, 2.05) is 24.3 Å². The molecule has 0 aliphatic rings. The number of hydrogen-bond acceptors (Lipinski definition) is 7. The van der Waals surface area contributed by atoms with Gasteiger partial charge in [-0.2, -0.15) is 0 Å². The lowest BCUT2D eigenvalue weighted by Gasteiger charge is -2.18. The average molecular weight is 460 g/mol. The summed E-state index contributed by atoms with van der Waals surface area (Å²) in [6.45, 7) is 1.73. The van der Waals surface area contributed by atoms with E-state index in [2.05, 4.69) is 15.3 Å². The Morgan fingerprint density at radius 2 is 1.70 bits per heavy atom. The van der Waals surface area contributed by atoms with Crippen LogP contribution in [0.4, 0.5) is 5.69 Å². The van der Waals surface area contributed by atoms with Crippen LogP contribution in [-0.4, -0.2) is 29.0 Å². The highest BCUT2D eigenvalue weighted by Crippen LogP contribution is 2.29. The highest BCUT2D eigenvalue weighted by molar-refractivity contribution is 7.17. The molecule has 0 aliphatic carbocycles. The number of carbonyl (C=O) groups excluding carboxylic acids is 2. The van der Waals surface area contributed by atoms with E-state index in [1.54, 1.807) is 68.8 Å². The van der Waals surface area contributed by atoms with Crippen molar-refractivity contribution < 1.29 is 19.1 Å². The molecule has 1 unspecified atom stereocenters. The number of aromatic nitrogens is 2. The van der Waals surface area contributed by atoms with Gasteiger partial charge < -0.3 is 14.8 Å². The van der Waals surface area contributed by atoms with Crippen LogP contribution in [0.5, 0.6) is 5.75 Å². The average Bonchev–Trinajstić information content (AvgIpc) is 3.25. The Morgan fingerprint density at radius 3 is 2.36 bits per heavy atom. The highest BCUT2D eigenvalue weighted by Gasteiger charge is 2.28. The molecule has 4 aromatic rings. The quantitative estimate of drug-likeness (QED) is 0.389. The number of nitrogens with one attached hydrogen (secondary N) is 1. The number of amides is 1. The molecule has 1 amide bonds. The summed E-state index contributed by atoms with van der Waals surface area (Å²) >= 11 is 1.18. The molecule has 2 aromatic heterocycles. The molecule has 2 heterocycles. The number of aryl methyl sites for hydroxylation is 1. The van der Waals surface area contributed by atoms with E-state index in [0.717, 1.165) is 0 Å². The normalized spacial score (nSPS) is 11.5. The van der Waals surface area contributed by atoms with Gasteiger partial charge in [0.05, 0.1) is 18.5 Å². The lowest BCUT2D eigenvalue weighted by Crippen LogP contribution is -2.25. The van der Waals surface area contributed by atoms with Crippen LogP contribution >= 0.6 is 11.3 Å². The third kappa shape index (κ3) is 5.24. The molecule has 7 nitrogen and oxygen atoms in total. The molecule has 2 aromatic carbocycles. The minimum absolute atomic E-state index is 0.328. The van der Waals surface area contributed by atoms with Gasteiger partial charge in [0.15, 0.2) is 0 Å². The number of hydrogen-bond donors (Lipinski definition) is 1.